The smallest absolute Gasteiger partial charge is 0.303 e. The second-order valence-corrected chi connectivity index (χ2v) is 11.7. The number of hydrogen-bond donors (Lipinski definition) is 1. The lowest BCUT2D eigenvalue weighted by molar-refractivity contribution is -0.148. The molecule has 3 heteroatoms. The number of carbonyl (C=O) groups excluding carboxylic acids is 1. The van der Waals surface area contributed by atoms with Crippen LogP contribution in [0.2, 0.25) is 0 Å². The molecule has 0 aromatic rings. The third-order valence-corrected chi connectivity index (χ3v) is 9.66. The van der Waals surface area contributed by atoms with Crippen LogP contribution in [0.3, 0.4) is 0 Å². The normalized spacial score (nSPS) is 40.6. The number of ketones is 1. The molecule has 7 atom stereocenters. The third kappa shape index (κ3) is 4.30. The van der Waals surface area contributed by atoms with Crippen LogP contribution < -0.4 is 0 Å². The van der Waals surface area contributed by atoms with Crippen LogP contribution in [0.25, 0.3) is 0 Å². The molecule has 3 aliphatic rings. The van der Waals surface area contributed by atoms with Crippen LogP contribution in [-0.4, -0.2) is 16.9 Å². The number of aliphatic carboxylic acids is 1. The fourth-order valence-corrected chi connectivity index (χ4v) is 7.99. The Hall–Kier alpha value is -0.860. The van der Waals surface area contributed by atoms with E-state index in [4.69, 9.17) is 0 Å². The third-order valence-electron chi connectivity index (χ3n) is 9.66. The van der Waals surface area contributed by atoms with E-state index in [9.17, 15) is 14.7 Å². The van der Waals surface area contributed by atoms with E-state index < -0.39 is 11.4 Å². The second kappa shape index (κ2) is 8.71. The van der Waals surface area contributed by atoms with Gasteiger partial charge in [0.1, 0.15) is 5.78 Å². The van der Waals surface area contributed by atoms with Gasteiger partial charge in [0.15, 0.2) is 0 Å². The first-order valence-corrected chi connectivity index (χ1v) is 12.3. The predicted octanol–water partition coefficient (Wildman–Crippen LogP) is 6.74. The fourth-order valence-electron chi connectivity index (χ4n) is 7.99. The van der Waals surface area contributed by atoms with Gasteiger partial charge in [-0.1, -0.05) is 53.9 Å². The Bertz CT molecular complexity index is 611. The summed E-state index contributed by atoms with van der Waals surface area (Å²) in [5.41, 5.74) is 0.0100. The van der Waals surface area contributed by atoms with Crippen LogP contribution in [0.1, 0.15) is 105 Å². The van der Waals surface area contributed by atoms with E-state index >= 15 is 0 Å². The Morgan fingerprint density at radius 3 is 2.45 bits per heavy atom. The molecule has 29 heavy (non-hydrogen) atoms. The Balaban J connectivity index is 1.73. The monoisotopic (exact) mass is 404 g/mol. The zero-order valence-electron chi connectivity index (χ0n) is 19.5. The molecule has 0 heterocycles. The van der Waals surface area contributed by atoms with Crippen molar-refractivity contribution in [3.8, 4) is 0 Å². The Morgan fingerprint density at radius 2 is 1.79 bits per heavy atom. The van der Waals surface area contributed by atoms with Gasteiger partial charge in [-0.25, -0.2) is 0 Å². The minimum atomic E-state index is -0.766. The van der Waals surface area contributed by atoms with E-state index in [1.165, 1.54) is 38.5 Å². The number of Topliss-reactive ketones (excluding diaryl/α,β-unsaturated/α-hetero) is 1. The van der Waals surface area contributed by atoms with Gasteiger partial charge in [-0.05, 0) is 79.4 Å². The molecule has 3 saturated carbocycles. The molecule has 0 radical (unpaired) electrons. The highest BCUT2D eigenvalue weighted by Crippen LogP contribution is 2.65. The topological polar surface area (TPSA) is 54.4 Å². The Morgan fingerprint density at radius 1 is 1.07 bits per heavy atom. The first-order valence-electron chi connectivity index (χ1n) is 12.3. The lowest BCUT2D eigenvalue weighted by Crippen LogP contribution is -2.52. The van der Waals surface area contributed by atoms with E-state index in [1.54, 1.807) is 0 Å². The van der Waals surface area contributed by atoms with Crippen molar-refractivity contribution >= 4 is 11.8 Å². The lowest BCUT2D eigenvalue weighted by Gasteiger charge is -2.56. The summed E-state index contributed by atoms with van der Waals surface area (Å²) in [5, 5.41) is 9.22. The van der Waals surface area contributed by atoms with Crippen molar-refractivity contribution < 1.29 is 14.7 Å². The van der Waals surface area contributed by atoms with Crippen molar-refractivity contribution in [2.75, 3.05) is 0 Å². The largest absolute Gasteiger partial charge is 0.481 e. The Labute approximate surface area is 178 Å². The van der Waals surface area contributed by atoms with E-state index in [-0.39, 0.29) is 6.42 Å². The van der Waals surface area contributed by atoms with Crippen molar-refractivity contribution in [2.24, 2.45) is 46.3 Å². The first kappa shape index (κ1) is 22.8. The maximum absolute atomic E-state index is 12.9. The fraction of sp³-hybridized carbons (Fsp3) is 0.923. The van der Waals surface area contributed by atoms with Gasteiger partial charge < -0.3 is 5.11 Å². The van der Waals surface area contributed by atoms with E-state index in [2.05, 4.69) is 34.6 Å². The van der Waals surface area contributed by atoms with Crippen LogP contribution in [-0.2, 0) is 9.59 Å². The molecule has 0 spiro atoms. The molecule has 0 unspecified atom stereocenters. The van der Waals surface area contributed by atoms with Crippen molar-refractivity contribution in [3.05, 3.63) is 0 Å². The molecule has 3 rings (SSSR count). The van der Waals surface area contributed by atoms with Crippen molar-refractivity contribution in [1.29, 1.82) is 0 Å². The van der Waals surface area contributed by atoms with Gasteiger partial charge >= 0.3 is 5.97 Å². The molecule has 0 bridgehead atoms. The highest BCUT2D eigenvalue weighted by molar-refractivity contribution is 5.86. The highest BCUT2D eigenvalue weighted by Gasteiger charge is 2.59. The average Bonchev–Trinajstić information content (AvgIpc) is 3.00. The average molecular weight is 405 g/mol. The SMILES string of the molecule is CC(C)CCC[C@@H](C)[C@@H]1CC[C@H]2[C@H]3CCC(=O)[C@](C)(CCC(=O)O)[C@@H]3CC[C@@]21C. The van der Waals surface area contributed by atoms with Gasteiger partial charge in [-0.15, -0.1) is 0 Å². The molecular formula is C26H44O3. The number of carboxylic acids is 1. The number of carbonyl (C=O) groups is 2. The summed E-state index contributed by atoms with van der Waals surface area (Å²) in [6.07, 6.45) is 11.4. The van der Waals surface area contributed by atoms with Gasteiger partial charge in [0.25, 0.3) is 0 Å². The summed E-state index contributed by atoms with van der Waals surface area (Å²) >= 11 is 0. The molecule has 0 aromatic carbocycles. The molecule has 1 N–H and O–H groups in total. The lowest BCUT2D eigenvalue weighted by atomic mass is 9.48. The summed E-state index contributed by atoms with van der Waals surface area (Å²) in [5.74, 6) is 3.74. The van der Waals surface area contributed by atoms with Gasteiger partial charge in [0.05, 0.1) is 0 Å². The predicted molar refractivity (Wildman–Crippen MR) is 118 cm³/mol. The summed E-state index contributed by atoms with van der Waals surface area (Å²) in [7, 11) is 0. The maximum Gasteiger partial charge on any atom is 0.303 e. The second-order valence-electron chi connectivity index (χ2n) is 11.7. The molecule has 3 nitrogen and oxygen atoms in total. The molecule has 0 aliphatic heterocycles. The van der Waals surface area contributed by atoms with Gasteiger partial charge in [0.2, 0.25) is 0 Å². The van der Waals surface area contributed by atoms with Gasteiger partial charge in [-0.2, -0.15) is 0 Å². The summed E-state index contributed by atoms with van der Waals surface area (Å²) in [4.78, 5) is 24.1. The molecule has 3 aliphatic carbocycles. The number of fused-ring (bicyclic) bond motifs is 3. The first-order chi connectivity index (χ1) is 13.6. The summed E-state index contributed by atoms with van der Waals surface area (Å²) in [6.45, 7) is 11.8. The maximum atomic E-state index is 12.9. The highest BCUT2D eigenvalue weighted by atomic mass is 16.4. The van der Waals surface area contributed by atoms with Crippen LogP contribution in [0, 0.1) is 46.3 Å². The van der Waals surface area contributed by atoms with Crippen LogP contribution in [0.4, 0.5) is 0 Å². The van der Waals surface area contributed by atoms with Crippen molar-refractivity contribution in [1.82, 2.24) is 0 Å². The van der Waals surface area contributed by atoms with Gasteiger partial charge in [-0.3, -0.25) is 9.59 Å². The molecule has 0 amide bonds. The molecule has 0 saturated heterocycles. The minimum Gasteiger partial charge on any atom is -0.481 e. The van der Waals surface area contributed by atoms with Crippen molar-refractivity contribution in [3.63, 3.8) is 0 Å². The van der Waals surface area contributed by atoms with Crippen molar-refractivity contribution in [2.45, 2.75) is 105 Å². The van der Waals surface area contributed by atoms with Crippen LogP contribution >= 0.6 is 0 Å². The Kier molecular flexibility index (Phi) is 6.85. The van der Waals surface area contributed by atoms with Crippen LogP contribution in [0.15, 0.2) is 0 Å². The molecule has 0 aromatic heterocycles. The van der Waals surface area contributed by atoms with E-state index in [0.717, 1.165) is 36.5 Å². The van der Waals surface area contributed by atoms with Crippen LogP contribution in [0.5, 0.6) is 0 Å². The zero-order chi connectivity index (χ0) is 21.4. The number of carboxylic acid groups (broad SMARTS) is 1. The molecule has 3 fully saturated rings. The van der Waals surface area contributed by atoms with Gasteiger partial charge in [0, 0.05) is 18.3 Å². The van der Waals surface area contributed by atoms with E-state index in [1.807, 2.05) is 0 Å². The molecular weight excluding hydrogens is 360 g/mol. The molecule has 166 valence electrons. The summed E-state index contributed by atoms with van der Waals surface area (Å²) < 4.78 is 0. The number of hydrogen-bond acceptors (Lipinski definition) is 2. The zero-order valence-corrected chi connectivity index (χ0v) is 19.5. The number of rotatable bonds is 8. The quantitative estimate of drug-likeness (QED) is 0.487. The standard InChI is InChI=1S/C26H44O3/c1-17(2)7-6-8-18(3)20-10-11-21-19-9-12-23(27)26(5,16-14-24(28)29)22(19)13-15-25(20,21)4/h17-22H,6-16H2,1-5H3,(H,28,29)/t18-,19-,20+,21+,22-,25-,26-/m1/s1. The minimum absolute atomic E-state index is 0.128. The van der Waals surface area contributed by atoms with E-state index in [0.29, 0.717) is 35.9 Å². The summed E-state index contributed by atoms with van der Waals surface area (Å²) in [6, 6.07) is 0.